The Labute approximate surface area is 134 Å². The minimum absolute atomic E-state index is 0.0232. The molecule has 0 saturated heterocycles. The molecule has 0 radical (unpaired) electrons. The number of aliphatic hydroxyl groups excluding tert-OH is 1. The second-order valence-corrected chi connectivity index (χ2v) is 6.97. The molecule has 0 aromatic heterocycles. The van der Waals surface area contributed by atoms with E-state index in [9.17, 15) is 9.90 Å². The van der Waals surface area contributed by atoms with Gasteiger partial charge in [0.2, 0.25) is 0 Å². The Kier molecular flexibility index (Phi) is 6.50. The predicted octanol–water partition coefficient (Wildman–Crippen LogP) is 2.43. The van der Waals surface area contributed by atoms with Gasteiger partial charge in [0.25, 0.3) is 0 Å². The van der Waals surface area contributed by atoms with E-state index >= 15 is 0 Å². The number of hydrogen-bond acceptors (Lipinski definition) is 3. The van der Waals surface area contributed by atoms with Gasteiger partial charge in [-0.3, -0.25) is 0 Å². The van der Waals surface area contributed by atoms with Gasteiger partial charge in [-0.05, 0) is 51.9 Å². The van der Waals surface area contributed by atoms with Crippen molar-refractivity contribution < 1.29 is 14.6 Å². The molecule has 0 spiro atoms. The summed E-state index contributed by atoms with van der Waals surface area (Å²) in [5.74, 6) is 0.660. The van der Waals surface area contributed by atoms with E-state index in [4.69, 9.17) is 4.74 Å². The topological polar surface area (TPSA) is 70.6 Å². The van der Waals surface area contributed by atoms with Crippen LogP contribution in [0.25, 0.3) is 0 Å². The Bertz CT molecular complexity index is 352. The quantitative estimate of drug-likeness (QED) is 0.612. The first-order valence-electron chi connectivity index (χ1n) is 8.88. The molecule has 2 aliphatic rings. The highest BCUT2D eigenvalue weighted by Gasteiger charge is 2.47. The fraction of sp³-hybridized carbons (Fsp3) is 0.941. The number of carbonyl (C=O) groups is 1. The Morgan fingerprint density at radius 1 is 1.36 bits per heavy atom. The summed E-state index contributed by atoms with van der Waals surface area (Å²) < 4.78 is 5.87. The van der Waals surface area contributed by atoms with E-state index in [0.29, 0.717) is 12.5 Å². The Morgan fingerprint density at radius 3 is 2.59 bits per heavy atom. The normalized spacial score (nSPS) is 23.0. The van der Waals surface area contributed by atoms with Gasteiger partial charge in [0, 0.05) is 24.6 Å². The number of rotatable bonds is 9. The Morgan fingerprint density at radius 2 is 2.05 bits per heavy atom. The highest BCUT2D eigenvalue weighted by Crippen LogP contribution is 2.48. The van der Waals surface area contributed by atoms with E-state index in [-0.39, 0.29) is 30.2 Å². The number of nitrogens with one attached hydrogen (secondary N) is 2. The Hall–Kier alpha value is -0.810. The van der Waals surface area contributed by atoms with Gasteiger partial charge in [0.1, 0.15) is 0 Å². The highest BCUT2D eigenvalue weighted by molar-refractivity contribution is 5.74. The van der Waals surface area contributed by atoms with E-state index in [1.165, 1.54) is 25.7 Å². The van der Waals surface area contributed by atoms with Crippen molar-refractivity contribution in [2.75, 3.05) is 19.8 Å². The summed E-state index contributed by atoms with van der Waals surface area (Å²) in [6.45, 7) is 5.55. The van der Waals surface area contributed by atoms with E-state index < -0.39 is 0 Å². The van der Waals surface area contributed by atoms with E-state index in [1.54, 1.807) is 0 Å². The van der Waals surface area contributed by atoms with Gasteiger partial charge < -0.3 is 20.5 Å². The van der Waals surface area contributed by atoms with Crippen molar-refractivity contribution in [1.29, 1.82) is 0 Å². The van der Waals surface area contributed by atoms with Gasteiger partial charge in [0.15, 0.2) is 0 Å². The van der Waals surface area contributed by atoms with Gasteiger partial charge in [-0.2, -0.15) is 0 Å². The number of carbonyl (C=O) groups excluding carboxylic acids is 1. The van der Waals surface area contributed by atoms with Crippen LogP contribution < -0.4 is 10.6 Å². The molecular weight excluding hydrogens is 280 g/mol. The average molecular weight is 312 g/mol. The van der Waals surface area contributed by atoms with Crippen molar-refractivity contribution in [2.24, 2.45) is 11.3 Å². The zero-order valence-electron chi connectivity index (χ0n) is 14.1. The molecule has 3 N–H and O–H groups in total. The average Bonchev–Trinajstić information content (AvgIpc) is 3.13. The van der Waals surface area contributed by atoms with Crippen LogP contribution >= 0.6 is 0 Å². The third kappa shape index (κ3) is 4.59. The largest absolute Gasteiger partial charge is 0.396 e. The van der Waals surface area contributed by atoms with Crippen LogP contribution in [0.1, 0.15) is 58.8 Å². The van der Waals surface area contributed by atoms with E-state index in [0.717, 1.165) is 25.9 Å². The van der Waals surface area contributed by atoms with Gasteiger partial charge in [-0.15, -0.1) is 0 Å². The molecule has 2 aliphatic carbocycles. The number of ether oxygens (including phenoxy) is 1. The first-order chi connectivity index (χ1) is 10.6. The zero-order valence-corrected chi connectivity index (χ0v) is 14.1. The minimum Gasteiger partial charge on any atom is -0.396 e. The molecule has 2 unspecified atom stereocenters. The lowest BCUT2D eigenvalue weighted by Crippen LogP contribution is -2.46. The molecule has 0 heterocycles. The van der Waals surface area contributed by atoms with E-state index in [1.807, 2.05) is 13.8 Å². The second kappa shape index (κ2) is 8.16. The molecule has 0 aliphatic heterocycles. The molecule has 0 bridgehead atoms. The monoisotopic (exact) mass is 312 g/mol. The lowest BCUT2D eigenvalue weighted by molar-refractivity contribution is 0.0167. The van der Waals surface area contributed by atoms with Crippen LogP contribution in [0.2, 0.25) is 0 Å². The zero-order chi connectivity index (χ0) is 16.0. The molecular formula is C17H32N2O3. The van der Waals surface area contributed by atoms with Crippen LogP contribution in [0.5, 0.6) is 0 Å². The maximum Gasteiger partial charge on any atom is 0.315 e. The molecule has 2 amide bonds. The lowest BCUT2D eigenvalue weighted by atomic mass is 9.98. The molecule has 2 fully saturated rings. The predicted molar refractivity (Wildman–Crippen MR) is 86.7 cm³/mol. The van der Waals surface area contributed by atoms with Gasteiger partial charge in [-0.1, -0.05) is 12.8 Å². The van der Waals surface area contributed by atoms with Crippen LogP contribution in [0, 0.1) is 11.3 Å². The van der Waals surface area contributed by atoms with Crippen LogP contribution in [0.3, 0.4) is 0 Å². The molecule has 2 rings (SSSR count). The van der Waals surface area contributed by atoms with Crippen LogP contribution in [-0.2, 0) is 4.74 Å². The molecule has 2 saturated carbocycles. The van der Waals surface area contributed by atoms with Crippen molar-refractivity contribution in [2.45, 2.75) is 70.9 Å². The second-order valence-electron chi connectivity index (χ2n) is 6.97. The third-order valence-corrected chi connectivity index (χ3v) is 5.49. The maximum absolute atomic E-state index is 12.0. The summed E-state index contributed by atoms with van der Waals surface area (Å²) in [6.07, 6.45) is 8.28. The standard InChI is InChI=1S/C17H32N2O3/c1-3-22-15(14-6-4-5-7-14)8-11-18-16(21)19-13(2)17(12-20)9-10-17/h13-15,20H,3-12H2,1-2H3,(H2,18,19,21). The Balaban J connectivity index is 1.66. The van der Waals surface area contributed by atoms with Gasteiger partial charge in [-0.25, -0.2) is 4.79 Å². The molecule has 22 heavy (non-hydrogen) atoms. The molecule has 5 heteroatoms. The fourth-order valence-corrected chi connectivity index (χ4v) is 3.62. The van der Waals surface area contributed by atoms with E-state index in [2.05, 4.69) is 10.6 Å². The third-order valence-electron chi connectivity index (χ3n) is 5.49. The molecule has 5 nitrogen and oxygen atoms in total. The van der Waals surface area contributed by atoms with Crippen LogP contribution in [0.4, 0.5) is 4.79 Å². The number of aliphatic hydroxyl groups is 1. The van der Waals surface area contributed by atoms with Crippen molar-refractivity contribution in [3.63, 3.8) is 0 Å². The van der Waals surface area contributed by atoms with Crippen molar-refractivity contribution in [1.82, 2.24) is 10.6 Å². The summed E-state index contributed by atoms with van der Waals surface area (Å²) in [5, 5.41) is 15.3. The molecule has 128 valence electrons. The summed E-state index contributed by atoms with van der Waals surface area (Å²) in [6, 6.07) is -0.107. The SMILES string of the molecule is CCOC(CCNC(=O)NC(C)C1(CO)CC1)C1CCCC1. The molecule has 0 aromatic rings. The van der Waals surface area contributed by atoms with Gasteiger partial charge >= 0.3 is 6.03 Å². The smallest absolute Gasteiger partial charge is 0.315 e. The fourth-order valence-electron chi connectivity index (χ4n) is 3.62. The van der Waals surface area contributed by atoms with Crippen molar-refractivity contribution in [3.8, 4) is 0 Å². The summed E-state index contributed by atoms with van der Waals surface area (Å²) in [7, 11) is 0. The summed E-state index contributed by atoms with van der Waals surface area (Å²) in [4.78, 5) is 12.0. The maximum atomic E-state index is 12.0. The molecule has 0 aromatic carbocycles. The van der Waals surface area contributed by atoms with Crippen LogP contribution in [0.15, 0.2) is 0 Å². The number of amides is 2. The van der Waals surface area contributed by atoms with Crippen molar-refractivity contribution >= 4 is 6.03 Å². The summed E-state index contributed by atoms with van der Waals surface area (Å²) >= 11 is 0. The lowest BCUT2D eigenvalue weighted by Gasteiger charge is -2.25. The summed E-state index contributed by atoms with van der Waals surface area (Å²) in [5.41, 5.74) is -0.0744. The minimum atomic E-state index is -0.131. The first kappa shape index (κ1) is 17.5. The van der Waals surface area contributed by atoms with Crippen molar-refractivity contribution in [3.05, 3.63) is 0 Å². The van der Waals surface area contributed by atoms with Crippen LogP contribution in [-0.4, -0.2) is 43.0 Å². The number of urea groups is 1. The number of hydrogen-bond donors (Lipinski definition) is 3. The molecule has 2 atom stereocenters. The van der Waals surface area contributed by atoms with Gasteiger partial charge in [0.05, 0.1) is 12.7 Å². The first-order valence-corrected chi connectivity index (χ1v) is 8.88. The highest BCUT2D eigenvalue weighted by atomic mass is 16.5.